The highest BCUT2D eigenvalue weighted by Crippen LogP contribution is 2.43. The van der Waals surface area contributed by atoms with Gasteiger partial charge >= 0.3 is 11.8 Å². The molecule has 1 amide bonds. The van der Waals surface area contributed by atoms with E-state index in [1.165, 1.54) is 17.9 Å². The first-order valence-corrected chi connectivity index (χ1v) is 11.6. The first-order valence-electron chi connectivity index (χ1n) is 11.2. The van der Waals surface area contributed by atoms with Crippen molar-refractivity contribution < 1.29 is 18.7 Å². The second-order valence-electron chi connectivity index (χ2n) is 8.71. The lowest BCUT2D eigenvalue weighted by Crippen LogP contribution is -2.41. The van der Waals surface area contributed by atoms with Gasteiger partial charge in [0.25, 0.3) is 5.89 Å². The molecule has 3 heterocycles. The Labute approximate surface area is 200 Å². The molecule has 2 fully saturated rings. The predicted molar refractivity (Wildman–Crippen MR) is 125 cm³/mol. The van der Waals surface area contributed by atoms with Gasteiger partial charge in [-0.2, -0.15) is 4.68 Å². The summed E-state index contributed by atoms with van der Waals surface area (Å²) in [7, 11) is 1.46. The largest absolute Gasteiger partial charge is 0.496 e. The molecule has 2 bridgehead atoms. The van der Waals surface area contributed by atoms with Crippen LogP contribution in [0.1, 0.15) is 42.9 Å². The van der Waals surface area contributed by atoms with Crippen molar-refractivity contribution in [1.29, 1.82) is 0 Å². The molecule has 0 radical (unpaired) electrons. The number of nitrogens with two attached hydrogens (primary N) is 1. The number of nitrogens with one attached hydrogen (secondary N) is 1. The highest BCUT2D eigenvalue weighted by molar-refractivity contribution is 6.33. The summed E-state index contributed by atoms with van der Waals surface area (Å²) in [5, 5.41) is 8.31. The Kier molecular flexibility index (Phi) is 6.05. The number of rotatable bonds is 6. The molecule has 3 aromatic rings. The molecule has 2 unspecified atom stereocenters. The van der Waals surface area contributed by atoms with Crippen molar-refractivity contribution in [3.8, 4) is 23.0 Å². The lowest BCUT2D eigenvalue weighted by Gasteiger charge is -2.28. The van der Waals surface area contributed by atoms with Crippen molar-refractivity contribution in [1.82, 2.24) is 15.1 Å². The smallest absolute Gasteiger partial charge is 0.437 e. The van der Waals surface area contributed by atoms with Crippen LogP contribution in [0, 0.1) is 0 Å². The molecule has 2 saturated heterocycles. The number of carbonyl (C=O) groups is 1. The van der Waals surface area contributed by atoms with Crippen molar-refractivity contribution in [3.63, 3.8) is 0 Å². The monoisotopic (exact) mass is 484 g/mol. The van der Waals surface area contributed by atoms with Crippen LogP contribution in [0.3, 0.4) is 0 Å². The minimum Gasteiger partial charge on any atom is -0.496 e. The summed E-state index contributed by atoms with van der Waals surface area (Å²) in [6, 6.07) is 11.8. The van der Waals surface area contributed by atoms with E-state index in [4.69, 9.17) is 31.2 Å². The van der Waals surface area contributed by atoms with E-state index in [0.29, 0.717) is 35.4 Å². The maximum atomic E-state index is 12.9. The van der Waals surface area contributed by atoms with E-state index >= 15 is 0 Å². The Balaban J connectivity index is 1.62. The van der Waals surface area contributed by atoms with Gasteiger partial charge in [0.1, 0.15) is 5.75 Å². The molecule has 3 N–H and O–H groups in total. The molecule has 2 aliphatic rings. The number of hydrogen-bond donors (Lipinski definition) is 2. The van der Waals surface area contributed by atoms with Gasteiger partial charge in [-0.3, -0.25) is 0 Å². The number of methoxy groups -OCH3 is 1. The Morgan fingerprint density at radius 1 is 1.24 bits per heavy atom. The van der Waals surface area contributed by atoms with Crippen molar-refractivity contribution in [2.75, 3.05) is 7.11 Å². The Bertz CT molecular complexity index is 1260. The summed E-state index contributed by atoms with van der Waals surface area (Å²) < 4.78 is 17.8. The number of hydrogen-bond acceptors (Lipinski definition) is 7. The quantitative estimate of drug-likeness (QED) is 0.547. The fraction of sp³-hybridized carbons (Fsp3) is 0.375. The van der Waals surface area contributed by atoms with Gasteiger partial charge in [-0.05, 0) is 43.2 Å². The van der Waals surface area contributed by atoms with E-state index in [1.807, 2.05) is 30.3 Å². The van der Waals surface area contributed by atoms with E-state index in [0.717, 1.165) is 31.2 Å². The Morgan fingerprint density at radius 3 is 2.59 bits per heavy atom. The third-order valence-electron chi connectivity index (χ3n) is 6.52. The standard InChI is InChI=1S/C24H25ClN4O5/c1-32-18-12-19(33-23(26)30)21(25)17(9-13-5-3-2-4-6-13)20(18)22-28-29(24(31)34-22)16-10-14-7-8-15(11-16)27-14/h2-6,12,14-16,27H,7-11H2,1H3,(H2,26,30). The normalized spacial score (nSPS) is 21.4. The number of amides is 1. The van der Waals surface area contributed by atoms with E-state index in [2.05, 4.69) is 10.4 Å². The molecule has 0 saturated carbocycles. The molecular weight excluding hydrogens is 460 g/mol. The zero-order valence-corrected chi connectivity index (χ0v) is 19.4. The summed E-state index contributed by atoms with van der Waals surface area (Å²) in [6.07, 6.45) is 3.21. The summed E-state index contributed by atoms with van der Waals surface area (Å²) in [6.45, 7) is 0. The number of benzene rings is 2. The van der Waals surface area contributed by atoms with Crippen LogP contribution in [0.4, 0.5) is 4.79 Å². The zero-order chi connectivity index (χ0) is 23.8. The highest BCUT2D eigenvalue weighted by atomic mass is 35.5. The molecule has 0 spiro atoms. The molecule has 2 atom stereocenters. The van der Waals surface area contributed by atoms with Gasteiger partial charge in [-0.25, -0.2) is 9.59 Å². The number of primary amides is 1. The van der Waals surface area contributed by atoms with Gasteiger partial charge in [0.05, 0.1) is 23.7 Å². The maximum absolute atomic E-state index is 12.9. The minimum absolute atomic E-state index is 0.0414. The van der Waals surface area contributed by atoms with Crippen LogP contribution in [0.5, 0.6) is 11.5 Å². The highest BCUT2D eigenvalue weighted by Gasteiger charge is 2.36. The van der Waals surface area contributed by atoms with Crippen molar-refractivity contribution in [3.05, 3.63) is 63.1 Å². The lowest BCUT2D eigenvalue weighted by atomic mass is 9.98. The zero-order valence-electron chi connectivity index (χ0n) is 18.6. The second-order valence-corrected chi connectivity index (χ2v) is 9.09. The first kappa shape index (κ1) is 22.5. The van der Waals surface area contributed by atoms with Crippen LogP contribution in [-0.4, -0.2) is 35.1 Å². The molecule has 178 valence electrons. The van der Waals surface area contributed by atoms with Crippen LogP contribution in [0.2, 0.25) is 5.02 Å². The molecular formula is C24H25ClN4O5. The van der Waals surface area contributed by atoms with E-state index in [9.17, 15) is 9.59 Å². The first-order chi connectivity index (χ1) is 16.4. The summed E-state index contributed by atoms with van der Waals surface area (Å²) in [5.41, 5.74) is 7.15. The van der Waals surface area contributed by atoms with E-state index < -0.39 is 11.8 Å². The topological polar surface area (TPSA) is 122 Å². The molecule has 5 rings (SSSR count). The Morgan fingerprint density at radius 2 is 1.94 bits per heavy atom. The number of nitrogens with zero attached hydrogens (tertiary/aromatic N) is 2. The fourth-order valence-electron chi connectivity index (χ4n) is 5.05. The van der Waals surface area contributed by atoms with E-state index in [-0.39, 0.29) is 22.7 Å². The molecule has 0 aliphatic carbocycles. The number of halogens is 1. The molecule has 1 aromatic heterocycles. The number of ether oxygens (including phenoxy) is 2. The molecule has 2 aliphatic heterocycles. The van der Waals surface area contributed by atoms with Gasteiger partial charge in [-0.15, -0.1) is 5.10 Å². The third kappa shape index (κ3) is 4.28. The van der Waals surface area contributed by atoms with Crippen molar-refractivity contribution >= 4 is 17.7 Å². The summed E-state index contributed by atoms with van der Waals surface area (Å²) in [5.74, 6) is -0.0726. The van der Waals surface area contributed by atoms with Gasteiger partial charge in [0.2, 0.25) is 0 Å². The molecule has 2 aromatic carbocycles. The van der Waals surface area contributed by atoms with Gasteiger partial charge in [0.15, 0.2) is 5.75 Å². The molecule has 10 heteroatoms. The van der Waals surface area contributed by atoms with Gasteiger partial charge in [-0.1, -0.05) is 41.9 Å². The van der Waals surface area contributed by atoms with Gasteiger partial charge < -0.3 is 24.9 Å². The number of fused-ring (bicyclic) bond motifs is 2. The van der Waals surface area contributed by atoms with E-state index in [1.54, 1.807) is 0 Å². The summed E-state index contributed by atoms with van der Waals surface area (Å²) in [4.78, 5) is 24.3. The fourth-order valence-corrected chi connectivity index (χ4v) is 5.31. The predicted octanol–water partition coefficient (Wildman–Crippen LogP) is 3.67. The summed E-state index contributed by atoms with van der Waals surface area (Å²) >= 11 is 6.68. The second kappa shape index (κ2) is 9.15. The molecule has 9 nitrogen and oxygen atoms in total. The van der Waals surface area contributed by atoms with Crippen molar-refractivity contribution in [2.45, 2.75) is 50.2 Å². The van der Waals surface area contributed by atoms with Crippen LogP contribution in [0.15, 0.2) is 45.6 Å². The van der Waals surface area contributed by atoms with Crippen LogP contribution < -0.4 is 26.3 Å². The third-order valence-corrected chi connectivity index (χ3v) is 6.94. The average molecular weight is 485 g/mol. The van der Waals surface area contributed by atoms with Crippen LogP contribution >= 0.6 is 11.6 Å². The Hall–Kier alpha value is -3.30. The lowest BCUT2D eigenvalue weighted by molar-refractivity contribution is 0.210. The maximum Gasteiger partial charge on any atom is 0.437 e. The number of aromatic nitrogens is 2. The minimum atomic E-state index is -1.00. The SMILES string of the molecule is COc1cc(OC(N)=O)c(Cl)c(Cc2ccccc2)c1-c1nn(C2CC3CCC(C2)N3)c(=O)o1. The number of piperidine rings is 1. The van der Waals surface area contributed by atoms with Crippen molar-refractivity contribution in [2.24, 2.45) is 5.73 Å². The average Bonchev–Trinajstić information content (AvgIpc) is 3.37. The van der Waals surface area contributed by atoms with Crippen LogP contribution in [0.25, 0.3) is 11.5 Å². The molecule has 34 heavy (non-hydrogen) atoms. The van der Waals surface area contributed by atoms with Gasteiger partial charge in [0, 0.05) is 18.2 Å². The number of carbonyl (C=O) groups excluding carboxylic acids is 1. The van der Waals surface area contributed by atoms with Crippen LogP contribution in [-0.2, 0) is 6.42 Å².